The molecule has 134 valence electrons. The number of anilines is 1. The molecule has 1 saturated heterocycles. The van der Waals surface area contributed by atoms with Gasteiger partial charge in [-0.3, -0.25) is 9.47 Å². The first-order valence-electron chi connectivity index (χ1n) is 8.66. The van der Waals surface area contributed by atoms with Crippen LogP contribution in [-0.2, 0) is 11.2 Å². The fraction of sp³-hybridized carbons (Fsp3) is 0.350. The maximum Gasteiger partial charge on any atom is 0.265 e. The number of carbonyl (C=O) groups is 1. The Bertz CT molecular complexity index is 691. The van der Waals surface area contributed by atoms with E-state index in [4.69, 9.17) is 0 Å². The first-order valence-corrected chi connectivity index (χ1v) is 8.66. The molecule has 4 nitrogen and oxygen atoms in total. The molecule has 1 aromatic carbocycles. The van der Waals surface area contributed by atoms with Gasteiger partial charge in [-0.2, -0.15) is 0 Å². The van der Waals surface area contributed by atoms with Gasteiger partial charge in [0, 0.05) is 31.2 Å². The molecule has 0 N–H and O–H groups in total. The molecule has 0 unspecified atom stereocenters. The third-order valence-corrected chi connectivity index (χ3v) is 4.76. The maximum absolute atomic E-state index is 12.3. The van der Waals surface area contributed by atoms with E-state index in [2.05, 4.69) is 42.7 Å². The number of benzene rings is 1. The van der Waals surface area contributed by atoms with Crippen molar-refractivity contribution in [3.63, 3.8) is 0 Å². The molecule has 3 rings (SSSR count). The lowest BCUT2D eigenvalue weighted by atomic mass is 10.0. The number of hydrogen-bond donors (Lipinski definition) is 0. The van der Waals surface area contributed by atoms with Crippen molar-refractivity contribution in [1.29, 1.82) is 0 Å². The fourth-order valence-corrected chi connectivity index (χ4v) is 3.51. The van der Waals surface area contributed by atoms with Crippen LogP contribution in [0.5, 0.6) is 0 Å². The normalized spacial score (nSPS) is 14.7. The van der Waals surface area contributed by atoms with E-state index >= 15 is 0 Å². The van der Waals surface area contributed by atoms with Crippen LogP contribution < -0.4 is 9.91 Å². The predicted molar refractivity (Wildman–Crippen MR) is 106 cm³/mol. The molecule has 2 heterocycles. The number of rotatable bonds is 5. The van der Waals surface area contributed by atoms with E-state index in [1.807, 2.05) is 34.2 Å². The number of amides is 1. The first-order chi connectivity index (χ1) is 11.7. The third-order valence-electron chi connectivity index (χ3n) is 4.76. The largest absolute Gasteiger partial charge is 0.371 e. The van der Waals surface area contributed by atoms with Gasteiger partial charge in [-0.15, -0.1) is 12.4 Å². The summed E-state index contributed by atoms with van der Waals surface area (Å²) < 4.78 is 1.88. The average molecular weight is 360 g/mol. The molecule has 1 aliphatic heterocycles. The van der Waals surface area contributed by atoms with Crippen molar-refractivity contribution in [3.05, 3.63) is 67.0 Å². The summed E-state index contributed by atoms with van der Waals surface area (Å²) in [5.74, 6) is -0.0430. The van der Waals surface area contributed by atoms with Gasteiger partial charge in [0.15, 0.2) is 0 Å². The average Bonchev–Trinajstić information content (AvgIpc) is 3.16. The second-order valence-electron chi connectivity index (χ2n) is 6.15. The van der Waals surface area contributed by atoms with Crippen LogP contribution in [0.2, 0.25) is 0 Å². The zero-order valence-corrected chi connectivity index (χ0v) is 15.5. The second kappa shape index (κ2) is 8.77. The van der Waals surface area contributed by atoms with Crippen LogP contribution in [0.15, 0.2) is 61.4 Å². The van der Waals surface area contributed by atoms with Crippen LogP contribution in [0.3, 0.4) is 0 Å². The molecular weight excluding hydrogens is 334 g/mol. The fourth-order valence-electron chi connectivity index (χ4n) is 3.51. The van der Waals surface area contributed by atoms with Gasteiger partial charge in [0.2, 0.25) is 0 Å². The molecule has 1 fully saturated rings. The number of aromatic nitrogens is 1. The molecule has 0 bridgehead atoms. The van der Waals surface area contributed by atoms with Crippen molar-refractivity contribution in [1.82, 2.24) is 4.68 Å². The minimum atomic E-state index is -0.0430. The highest BCUT2D eigenvalue weighted by molar-refractivity contribution is 5.95. The Morgan fingerprint density at radius 3 is 2.44 bits per heavy atom. The molecule has 1 aromatic heterocycles. The Labute approximate surface area is 156 Å². The molecule has 0 aliphatic carbocycles. The quantitative estimate of drug-likeness (QED) is 0.760. The topological polar surface area (TPSA) is 28.5 Å². The summed E-state index contributed by atoms with van der Waals surface area (Å²) in [4.78, 5) is 14.8. The molecule has 1 aliphatic rings. The van der Waals surface area contributed by atoms with Gasteiger partial charge in [0.1, 0.15) is 0 Å². The van der Waals surface area contributed by atoms with Crippen molar-refractivity contribution >= 4 is 24.0 Å². The van der Waals surface area contributed by atoms with Crippen LogP contribution in [0.25, 0.3) is 0 Å². The molecule has 0 radical (unpaired) electrons. The number of para-hydroxylation sites is 1. The summed E-state index contributed by atoms with van der Waals surface area (Å²) in [6.45, 7) is 7.78. The van der Waals surface area contributed by atoms with Crippen molar-refractivity contribution < 1.29 is 4.79 Å². The highest BCUT2D eigenvalue weighted by Gasteiger charge is 2.28. The maximum atomic E-state index is 12.3. The van der Waals surface area contributed by atoms with Crippen LogP contribution in [0.1, 0.15) is 25.3 Å². The lowest BCUT2D eigenvalue weighted by molar-refractivity contribution is -0.116. The van der Waals surface area contributed by atoms with Gasteiger partial charge in [0.05, 0.1) is 6.04 Å². The molecule has 25 heavy (non-hydrogen) atoms. The molecule has 1 amide bonds. The summed E-state index contributed by atoms with van der Waals surface area (Å²) in [5.41, 5.74) is 2.72. The van der Waals surface area contributed by atoms with E-state index < -0.39 is 0 Å². The molecule has 2 aromatic rings. The highest BCUT2D eigenvalue weighted by Crippen LogP contribution is 2.26. The van der Waals surface area contributed by atoms with Crippen LogP contribution in [-0.4, -0.2) is 29.7 Å². The van der Waals surface area contributed by atoms with Crippen molar-refractivity contribution in [2.75, 3.05) is 23.0 Å². The van der Waals surface area contributed by atoms with E-state index in [9.17, 15) is 4.79 Å². The monoisotopic (exact) mass is 359 g/mol. The molecule has 0 atom stereocenters. The smallest absolute Gasteiger partial charge is 0.265 e. The van der Waals surface area contributed by atoms with E-state index in [-0.39, 0.29) is 24.4 Å². The number of piperidine rings is 1. The number of nitrogens with zero attached hydrogens (tertiary/aromatic N) is 3. The van der Waals surface area contributed by atoms with Gasteiger partial charge in [0.25, 0.3) is 5.91 Å². The summed E-state index contributed by atoms with van der Waals surface area (Å²) in [6.07, 6.45) is 8.19. The van der Waals surface area contributed by atoms with Gasteiger partial charge in [-0.25, -0.2) is 5.01 Å². The minimum Gasteiger partial charge on any atom is -0.371 e. The van der Waals surface area contributed by atoms with E-state index in [0.717, 1.165) is 32.4 Å². The predicted octanol–water partition coefficient (Wildman–Crippen LogP) is 3.79. The molecule has 0 spiro atoms. The zero-order valence-electron chi connectivity index (χ0n) is 14.7. The standard InChI is InChI=1S/C20H25N3O.ClH/c1-3-17-9-5-6-10-19(17)21-15-11-18(12-16-21)23(20(24)4-2)22-13-7-8-14-22;/h4-10,13-14,18H,2-3,11-12,15-16H2,1H3;1H. The molecule has 5 heteroatoms. The number of hydrogen-bond acceptors (Lipinski definition) is 2. The van der Waals surface area contributed by atoms with E-state index in [1.54, 1.807) is 0 Å². The minimum absolute atomic E-state index is 0. The third kappa shape index (κ3) is 4.07. The SMILES string of the molecule is C=CC(=O)N(C1CCN(c2ccccc2CC)CC1)n1cccc1.Cl. The van der Waals surface area contributed by atoms with Crippen LogP contribution in [0, 0.1) is 0 Å². The second-order valence-corrected chi connectivity index (χ2v) is 6.15. The van der Waals surface area contributed by atoms with Crippen molar-refractivity contribution in [2.24, 2.45) is 0 Å². The van der Waals surface area contributed by atoms with Gasteiger partial charge in [-0.1, -0.05) is 31.7 Å². The Morgan fingerprint density at radius 1 is 1.20 bits per heavy atom. The van der Waals surface area contributed by atoms with Crippen molar-refractivity contribution in [3.8, 4) is 0 Å². The Morgan fingerprint density at radius 2 is 1.84 bits per heavy atom. The summed E-state index contributed by atoms with van der Waals surface area (Å²) >= 11 is 0. The van der Waals surface area contributed by atoms with E-state index in [1.165, 1.54) is 17.3 Å². The lowest BCUT2D eigenvalue weighted by Crippen LogP contribution is -2.52. The zero-order chi connectivity index (χ0) is 16.9. The van der Waals surface area contributed by atoms with E-state index in [0.29, 0.717) is 0 Å². The number of aryl methyl sites for hydroxylation is 1. The lowest BCUT2D eigenvalue weighted by Gasteiger charge is -2.39. The molecular formula is C20H26ClN3O. The van der Waals surface area contributed by atoms with Gasteiger partial charge < -0.3 is 4.90 Å². The summed E-state index contributed by atoms with van der Waals surface area (Å²) in [6, 6.07) is 12.7. The Hall–Kier alpha value is -2.20. The Kier molecular flexibility index (Phi) is 6.71. The van der Waals surface area contributed by atoms with Gasteiger partial charge in [-0.05, 0) is 49.1 Å². The number of halogens is 1. The summed E-state index contributed by atoms with van der Waals surface area (Å²) in [7, 11) is 0. The van der Waals surface area contributed by atoms with Gasteiger partial charge >= 0.3 is 0 Å². The number of carbonyl (C=O) groups excluding carboxylic acids is 1. The first kappa shape index (κ1) is 19.1. The van der Waals surface area contributed by atoms with Crippen LogP contribution >= 0.6 is 12.4 Å². The van der Waals surface area contributed by atoms with Crippen LogP contribution in [0.4, 0.5) is 5.69 Å². The highest BCUT2D eigenvalue weighted by atomic mass is 35.5. The summed E-state index contributed by atoms with van der Waals surface area (Å²) in [5, 5.41) is 1.83. The Balaban J connectivity index is 0.00000225. The molecule has 0 saturated carbocycles. The van der Waals surface area contributed by atoms with Crippen molar-refractivity contribution in [2.45, 2.75) is 32.2 Å².